The van der Waals surface area contributed by atoms with E-state index in [1.54, 1.807) is 11.0 Å². The van der Waals surface area contributed by atoms with Crippen LogP contribution in [-0.2, 0) is 0 Å². The highest BCUT2D eigenvalue weighted by Gasteiger charge is 2.09. The maximum atomic E-state index is 5.60. The lowest BCUT2D eigenvalue weighted by Crippen LogP contribution is -2.15. The molecule has 0 unspecified atom stereocenters. The molecule has 0 aliphatic rings. The third-order valence-corrected chi connectivity index (χ3v) is 2.14. The molecule has 76 valence electrons. The molecule has 2 heterocycles. The highest BCUT2D eigenvalue weighted by atomic mass is 32.1. The summed E-state index contributed by atoms with van der Waals surface area (Å²) < 4.78 is 1.54. The number of thiocarbonyl (C=S) groups is 1. The Balaban J connectivity index is 2.63. The van der Waals surface area contributed by atoms with Gasteiger partial charge in [0, 0.05) is 5.69 Å². The lowest BCUT2D eigenvalue weighted by atomic mass is 10.2. The molecule has 0 saturated carbocycles. The third-order valence-electron chi connectivity index (χ3n) is 1.92. The van der Waals surface area contributed by atoms with Crippen LogP contribution < -0.4 is 5.73 Å². The zero-order valence-electron chi connectivity index (χ0n) is 8.08. The fourth-order valence-corrected chi connectivity index (χ4v) is 1.39. The van der Waals surface area contributed by atoms with Gasteiger partial charge in [-0.05, 0) is 19.1 Å². The minimum absolute atomic E-state index is 0.299. The molecule has 0 aromatic carbocycles. The number of nitrogens with zero attached hydrogens (tertiary/aromatic N) is 4. The molecule has 5 nitrogen and oxygen atoms in total. The number of hydrogen-bond acceptors (Lipinski definition) is 4. The first-order chi connectivity index (χ1) is 7.18. The minimum Gasteiger partial charge on any atom is -0.389 e. The van der Waals surface area contributed by atoms with E-state index >= 15 is 0 Å². The number of rotatable bonds is 2. The molecule has 0 bridgehead atoms. The van der Waals surface area contributed by atoms with Crippen LogP contribution >= 0.6 is 12.2 Å². The van der Waals surface area contributed by atoms with Crippen LogP contribution in [0.15, 0.2) is 24.8 Å². The molecule has 0 aliphatic carbocycles. The standard InChI is InChI=1S/C9H9N5S/c1-6-2-3-7(8(10)15)9(13-6)14-5-11-4-12-14/h2-5H,1H3,(H2,10,15). The Kier molecular flexibility index (Phi) is 2.42. The van der Waals surface area contributed by atoms with Crippen LogP contribution in [0.5, 0.6) is 0 Å². The second-order valence-corrected chi connectivity index (χ2v) is 3.47. The summed E-state index contributed by atoms with van der Waals surface area (Å²) in [5, 5.41) is 4.00. The first-order valence-electron chi connectivity index (χ1n) is 4.31. The van der Waals surface area contributed by atoms with Gasteiger partial charge in [0.05, 0.1) is 5.56 Å². The summed E-state index contributed by atoms with van der Waals surface area (Å²) in [5.41, 5.74) is 7.17. The van der Waals surface area contributed by atoms with E-state index in [0.29, 0.717) is 16.4 Å². The molecule has 0 aliphatic heterocycles. The summed E-state index contributed by atoms with van der Waals surface area (Å²) in [6, 6.07) is 3.69. The van der Waals surface area contributed by atoms with Crippen molar-refractivity contribution >= 4 is 17.2 Å². The van der Waals surface area contributed by atoms with Crippen molar-refractivity contribution in [2.75, 3.05) is 0 Å². The molecular formula is C9H9N5S. The van der Waals surface area contributed by atoms with E-state index in [0.717, 1.165) is 5.69 Å². The lowest BCUT2D eigenvalue weighted by molar-refractivity contribution is 0.837. The topological polar surface area (TPSA) is 69.6 Å². The fraction of sp³-hybridized carbons (Fsp3) is 0.111. The Bertz CT molecular complexity index is 491. The van der Waals surface area contributed by atoms with Gasteiger partial charge >= 0.3 is 0 Å². The maximum absolute atomic E-state index is 5.60. The Morgan fingerprint density at radius 2 is 2.27 bits per heavy atom. The van der Waals surface area contributed by atoms with Crippen LogP contribution in [-0.4, -0.2) is 24.7 Å². The molecule has 2 rings (SSSR count). The van der Waals surface area contributed by atoms with Crippen molar-refractivity contribution in [3.8, 4) is 5.82 Å². The Morgan fingerprint density at radius 3 is 2.87 bits per heavy atom. The van der Waals surface area contributed by atoms with E-state index in [4.69, 9.17) is 18.0 Å². The van der Waals surface area contributed by atoms with Gasteiger partial charge in [0.2, 0.25) is 0 Å². The summed E-state index contributed by atoms with van der Waals surface area (Å²) in [6.45, 7) is 1.89. The van der Waals surface area contributed by atoms with E-state index < -0.39 is 0 Å². The molecule has 0 radical (unpaired) electrons. The van der Waals surface area contributed by atoms with E-state index in [-0.39, 0.29) is 0 Å². The molecule has 2 aromatic heterocycles. The summed E-state index contributed by atoms with van der Waals surface area (Å²) in [5.74, 6) is 0.611. The van der Waals surface area contributed by atoms with Gasteiger partial charge in [-0.25, -0.2) is 14.6 Å². The average molecular weight is 219 g/mol. The van der Waals surface area contributed by atoms with Gasteiger partial charge < -0.3 is 5.73 Å². The molecule has 0 atom stereocenters. The van der Waals surface area contributed by atoms with Crippen molar-refractivity contribution in [2.45, 2.75) is 6.92 Å². The molecule has 6 heteroatoms. The number of pyridine rings is 1. The zero-order chi connectivity index (χ0) is 10.8. The monoisotopic (exact) mass is 219 g/mol. The van der Waals surface area contributed by atoms with Crippen molar-refractivity contribution in [3.63, 3.8) is 0 Å². The van der Waals surface area contributed by atoms with Crippen molar-refractivity contribution in [1.29, 1.82) is 0 Å². The Hall–Kier alpha value is -1.82. The second-order valence-electron chi connectivity index (χ2n) is 3.03. The zero-order valence-corrected chi connectivity index (χ0v) is 8.90. The predicted molar refractivity (Wildman–Crippen MR) is 59.8 cm³/mol. The SMILES string of the molecule is Cc1ccc(C(N)=S)c(-n2cncn2)n1. The van der Waals surface area contributed by atoms with Crippen LogP contribution in [0.2, 0.25) is 0 Å². The maximum Gasteiger partial charge on any atom is 0.165 e. The van der Waals surface area contributed by atoms with Crippen molar-refractivity contribution < 1.29 is 0 Å². The van der Waals surface area contributed by atoms with Gasteiger partial charge in [-0.2, -0.15) is 5.10 Å². The molecule has 0 saturated heterocycles. The number of aromatic nitrogens is 4. The summed E-state index contributed by atoms with van der Waals surface area (Å²) in [7, 11) is 0. The van der Waals surface area contributed by atoms with E-state index in [9.17, 15) is 0 Å². The van der Waals surface area contributed by atoms with Crippen molar-refractivity contribution in [2.24, 2.45) is 5.73 Å². The first-order valence-corrected chi connectivity index (χ1v) is 4.72. The summed E-state index contributed by atoms with van der Waals surface area (Å²) in [6.07, 6.45) is 3.00. The van der Waals surface area contributed by atoms with Gasteiger partial charge in [0.25, 0.3) is 0 Å². The van der Waals surface area contributed by atoms with Crippen LogP contribution in [0, 0.1) is 6.92 Å². The van der Waals surface area contributed by atoms with Crippen LogP contribution in [0.25, 0.3) is 5.82 Å². The van der Waals surface area contributed by atoms with E-state index in [1.807, 2.05) is 19.1 Å². The normalized spacial score (nSPS) is 10.2. The van der Waals surface area contributed by atoms with Gasteiger partial charge in [-0.1, -0.05) is 12.2 Å². The number of hydrogen-bond donors (Lipinski definition) is 1. The third kappa shape index (κ3) is 1.84. The molecular weight excluding hydrogens is 210 g/mol. The largest absolute Gasteiger partial charge is 0.389 e. The highest BCUT2D eigenvalue weighted by Crippen LogP contribution is 2.11. The smallest absolute Gasteiger partial charge is 0.165 e. The summed E-state index contributed by atoms with van der Waals surface area (Å²) in [4.78, 5) is 8.49. The van der Waals surface area contributed by atoms with E-state index in [2.05, 4.69) is 15.1 Å². The minimum atomic E-state index is 0.299. The summed E-state index contributed by atoms with van der Waals surface area (Å²) >= 11 is 4.94. The van der Waals surface area contributed by atoms with Crippen molar-refractivity contribution in [1.82, 2.24) is 19.7 Å². The molecule has 0 spiro atoms. The van der Waals surface area contributed by atoms with Gasteiger partial charge in [-0.3, -0.25) is 0 Å². The van der Waals surface area contributed by atoms with Crippen LogP contribution in [0.4, 0.5) is 0 Å². The van der Waals surface area contributed by atoms with E-state index in [1.165, 1.54) is 6.33 Å². The number of aryl methyl sites for hydroxylation is 1. The molecule has 15 heavy (non-hydrogen) atoms. The van der Waals surface area contributed by atoms with Crippen LogP contribution in [0.3, 0.4) is 0 Å². The molecule has 0 amide bonds. The van der Waals surface area contributed by atoms with Crippen LogP contribution in [0.1, 0.15) is 11.3 Å². The predicted octanol–water partition coefficient (Wildman–Crippen LogP) is 0.605. The Morgan fingerprint density at radius 1 is 1.47 bits per heavy atom. The molecule has 2 aromatic rings. The lowest BCUT2D eigenvalue weighted by Gasteiger charge is -2.07. The Labute approximate surface area is 92.0 Å². The first kappa shape index (κ1) is 9.72. The molecule has 0 fully saturated rings. The second kappa shape index (κ2) is 3.74. The molecule has 2 N–H and O–H groups in total. The van der Waals surface area contributed by atoms with Gasteiger partial charge in [-0.15, -0.1) is 0 Å². The average Bonchev–Trinajstić information content (AvgIpc) is 2.69. The van der Waals surface area contributed by atoms with Gasteiger partial charge in [0.1, 0.15) is 17.6 Å². The number of nitrogens with two attached hydrogens (primary N) is 1. The quantitative estimate of drug-likeness (QED) is 0.749. The van der Waals surface area contributed by atoms with Gasteiger partial charge in [0.15, 0.2) is 5.82 Å². The fourth-order valence-electron chi connectivity index (χ4n) is 1.23. The van der Waals surface area contributed by atoms with Crippen molar-refractivity contribution in [3.05, 3.63) is 36.0 Å². The highest BCUT2D eigenvalue weighted by molar-refractivity contribution is 7.80.